The Balaban J connectivity index is 0.000000336. The fourth-order valence-corrected chi connectivity index (χ4v) is 1.07. The lowest BCUT2D eigenvalue weighted by atomic mass is 10.3. The van der Waals surface area contributed by atoms with Gasteiger partial charge in [0.2, 0.25) is 5.39 Å². The Bertz CT molecular complexity index is 372. The van der Waals surface area contributed by atoms with Gasteiger partial charge in [-0.1, -0.05) is 27.5 Å². The molecular weight excluding hydrogens is 302 g/mol. The zero-order valence-corrected chi connectivity index (χ0v) is 9.31. The van der Waals surface area contributed by atoms with Gasteiger partial charge in [-0.2, -0.15) is 0 Å². The Morgan fingerprint density at radius 3 is 2.07 bits per heavy atom. The number of benzene rings is 1. The monoisotopic (exact) mass is 304 g/mol. The van der Waals surface area contributed by atoms with Crippen LogP contribution in [0.4, 0.5) is 23.0 Å². The lowest BCUT2D eigenvalue weighted by molar-refractivity contribution is 0.368. The van der Waals surface area contributed by atoms with E-state index < -0.39 is 7.25 Å². The molecule has 0 aliphatic heterocycles. The van der Waals surface area contributed by atoms with E-state index >= 15 is 0 Å². The van der Waals surface area contributed by atoms with Gasteiger partial charge in [0.1, 0.15) is 5.02 Å². The Labute approximate surface area is 96.1 Å². The molecular formula is C6H3BBrClF4N2. The van der Waals surface area contributed by atoms with Gasteiger partial charge in [-0.05, 0) is 12.1 Å². The van der Waals surface area contributed by atoms with Crippen LogP contribution < -0.4 is 0 Å². The summed E-state index contributed by atoms with van der Waals surface area (Å²) in [6.07, 6.45) is 0. The first kappa shape index (κ1) is 14.2. The minimum absolute atomic E-state index is 0.371. The molecule has 82 valence electrons. The molecule has 0 saturated heterocycles. The third-order valence-corrected chi connectivity index (χ3v) is 1.83. The smallest absolute Gasteiger partial charge is 0.418 e. The molecule has 1 aromatic rings. The largest absolute Gasteiger partial charge is 0.673 e. The molecule has 0 saturated carbocycles. The Morgan fingerprint density at radius 2 is 1.73 bits per heavy atom. The van der Waals surface area contributed by atoms with Gasteiger partial charge < -0.3 is 17.3 Å². The van der Waals surface area contributed by atoms with Gasteiger partial charge in [-0.25, -0.2) is 0 Å². The van der Waals surface area contributed by atoms with Gasteiger partial charge in [0.25, 0.3) is 0 Å². The van der Waals surface area contributed by atoms with Crippen LogP contribution in [0.3, 0.4) is 0 Å². The number of hydrogen-bond donors (Lipinski definition) is 0. The van der Waals surface area contributed by atoms with Gasteiger partial charge in [0.15, 0.2) is 4.98 Å². The fraction of sp³-hybridized carbons (Fsp3) is 0. The van der Waals surface area contributed by atoms with Gasteiger partial charge >= 0.3 is 12.9 Å². The molecule has 0 radical (unpaired) electrons. The summed E-state index contributed by atoms with van der Waals surface area (Å²) in [5.41, 5.74) is 0.371. The van der Waals surface area contributed by atoms with Crippen molar-refractivity contribution in [2.24, 2.45) is 0 Å². The molecule has 0 unspecified atom stereocenters. The van der Waals surface area contributed by atoms with Crippen molar-refractivity contribution in [3.05, 3.63) is 32.7 Å². The zero-order valence-electron chi connectivity index (χ0n) is 6.97. The fourth-order valence-electron chi connectivity index (χ4n) is 0.562. The van der Waals surface area contributed by atoms with Crippen molar-refractivity contribution < 1.29 is 17.3 Å². The molecule has 0 heterocycles. The highest BCUT2D eigenvalue weighted by molar-refractivity contribution is 9.10. The molecule has 0 aliphatic rings. The van der Waals surface area contributed by atoms with E-state index in [9.17, 15) is 17.3 Å². The predicted molar refractivity (Wildman–Crippen MR) is 54.1 cm³/mol. The van der Waals surface area contributed by atoms with Gasteiger partial charge in [-0.15, -0.1) is 0 Å². The number of halogens is 6. The maximum atomic E-state index is 9.75. The van der Waals surface area contributed by atoms with Crippen LogP contribution in [0.2, 0.25) is 5.02 Å². The molecule has 0 aromatic heterocycles. The second-order valence-electron chi connectivity index (χ2n) is 2.19. The molecule has 0 amide bonds. The zero-order chi connectivity index (χ0) is 12.1. The van der Waals surface area contributed by atoms with Crippen LogP contribution in [0.1, 0.15) is 0 Å². The summed E-state index contributed by atoms with van der Waals surface area (Å²) >= 11 is 8.83. The SMILES string of the molecule is F[B-](F)(F)F.N#[N+]c1cc(Br)ccc1Cl. The molecule has 0 bridgehead atoms. The number of diazo groups is 1. The normalized spacial score (nSPS) is 9.93. The van der Waals surface area contributed by atoms with E-state index in [-0.39, 0.29) is 0 Å². The minimum atomic E-state index is -6.00. The molecule has 0 atom stereocenters. The van der Waals surface area contributed by atoms with E-state index in [0.717, 1.165) is 4.47 Å². The van der Waals surface area contributed by atoms with Gasteiger partial charge in [0.05, 0.1) is 0 Å². The summed E-state index contributed by atoms with van der Waals surface area (Å²) < 4.78 is 39.8. The van der Waals surface area contributed by atoms with Crippen LogP contribution in [0.15, 0.2) is 22.7 Å². The molecule has 0 aliphatic carbocycles. The van der Waals surface area contributed by atoms with Crippen LogP contribution in [-0.4, -0.2) is 7.25 Å². The van der Waals surface area contributed by atoms with Crippen molar-refractivity contribution in [1.29, 1.82) is 5.39 Å². The minimum Gasteiger partial charge on any atom is -0.418 e. The van der Waals surface area contributed by atoms with Crippen LogP contribution in [0.5, 0.6) is 0 Å². The first-order valence-electron chi connectivity index (χ1n) is 3.41. The quantitative estimate of drug-likeness (QED) is 0.381. The third-order valence-electron chi connectivity index (χ3n) is 1.02. The standard InChI is InChI=1S/C6H3BrClN2.BF4/c7-4-1-2-5(8)6(3-4)10-9;2-1(3,4)5/h1-3H;/q+1;-1. The van der Waals surface area contributed by atoms with Gasteiger partial charge in [0, 0.05) is 10.5 Å². The van der Waals surface area contributed by atoms with E-state index in [0.29, 0.717) is 10.7 Å². The van der Waals surface area contributed by atoms with Crippen molar-refractivity contribution in [3.8, 4) is 0 Å². The lowest BCUT2D eigenvalue weighted by Gasteiger charge is -1.94. The number of rotatable bonds is 0. The molecule has 0 N–H and O–H groups in total. The van der Waals surface area contributed by atoms with Crippen molar-refractivity contribution in [3.63, 3.8) is 0 Å². The molecule has 1 rings (SSSR count). The van der Waals surface area contributed by atoms with Crippen LogP contribution in [0, 0.1) is 5.39 Å². The maximum absolute atomic E-state index is 9.75. The molecule has 15 heavy (non-hydrogen) atoms. The van der Waals surface area contributed by atoms with Crippen LogP contribution in [0.25, 0.3) is 4.98 Å². The van der Waals surface area contributed by atoms with E-state index in [1.165, 1.54) is 0 Å². The molecule has 9 heteroatoms. The summed E-state index contributed by atoms with van der Waals surface area (Å²) in [5.74, 6) is 0. The highest BCUT2D eigenvalue weighted by Gasteiger charge is 2.20. The Kier molecular flexibility index (Phi) is 5.61. The van der Waals surface area contributed by atoms with Crippen LogP contribution >= 0.6 is 27.5 Å². The van der Waals surface area contributed by atoms with Crippen molar-refractivity contribution in [2.45, 2.75) is 0 Å². The first-order valence-corrected chi connectivity index (χ1v) is 4.58. The van der Waals surface area contributed by atoms with E-state index in [1.54, 1.807) is 18.2 Å². The van der Waals surface area contributed by atoms with E-state index in [2.05, 4.69) is 20.9 Å². The second kappa shape index (κ2) is 5.93. The topological polar surface area (TPSA) is 28.1 Å². The number of hydrogen-bond acceptors (Lipinski definition) is 1. The van der Waals surface area contributed by atoms with E-state index in [1.807, 2.05) is 0 Å². The summed E-state index contributed by atoms with van der Waals surface area (Å²) in [4.78, 5) is 2.97. The molecule has 0 spiro atoms. The van der Waals surface area contributed by atoms with Crippen molar-refractivity contribution in [2.75, 3.05) is 0 Å². The average molecular weight is 305 g/mol. The van der Waals surface area contributed by atoms with Crippen LogP contribution in [-0.2, 0) is 0 Å². The summed E-state index contributed by atoms with van der Waals surface area (Å²) in [5, 5.41) is 8.80. The summed E-state index contributed by atoms with van der Waals surface area (Å²) in [6, 6.07) is 5.06. The number of nitrogens with zero attached hydrogens (tertiary/aromatic N) is 2. The summed E-state index contributed by atoms with van der Waals surface area (Å²) in [7, 11) is -6.00. The summed E-state index contributed by atoms with van der Waals surface area (Å²) in [6.45, 7) is 0. The molecule has 2 nitrogen and oxygen atoms in total. The highest BCUT2D eigenvalue weighted by atomic mass is 79.9. The van der Waals surface area contributed by atoms with Crippen molar-refractivity contribution in [1.82, 2.24) is 0 Å². The Morgan fingerprint density at radius 1 is 1.27 bits per heavy atom. The molecule has 1 aromatic carbocycles. The second-order valence-corrected chi connectivity index (χ2v) is 3.51. The lowest BCUT2D eigenvalue weighted by Crippen LogP contribution is -2.02. The van der Waals surface area contributed by atoms with Crippen molar-refractivity contribution >= 4 is 40.5 Å². The van der Waals surface area contributed by atoms with Gasteiger partial charge in [-0.3, -0.25) is 0 Å². The average Bonchev–Trinajstić information content (AvgIpc) is 2.06. The Hall–Kier alpha value is -0.805. The predicted octanol–water partition coefficient (Wildman–Crippen LogP) is 4.89. The highest BCUT2D eigenvalue weighted by Crippen LogP contribution is 2.27. The van der Waals surface area contributed by atoms with E-state index in [4.69, 9.17) is 17.0 Å². The molecule has 0 fully saturated rings. The first-order chi connectivity index (χ1) is 6.74. The maximum Gasteiger partial charge on any atom is 0.673 e. The third kappa shape index (κ3) is 8.21.